The van der Waals surface area contributed by atoms with E-state index in [1.165, 1.54) is 4.90 Å². The molecule has 0 spiro atoms. The molecule has 1 heterocycles. The third-order valence-corrected chi connectivity index (χ3v) is 2.64. The molecule has 1 amide bonds. The molecule has 90 valence electrons. The summed E-state index contributed by atoms with van der Waals surface area (Å²) in [6, 6.07) is 2.99. The molecule has 17 heavy (non-hydrogen) atoms. The van der Waals surface area contributed by atoms with Gasteiger partial charge in [-0.15, -0.1) is 0 Å². The highest BCUT2D eigenvalue weighted by Crippen LogP contribution is 2.19. The number of carbonyl (C=O) groups excluding carboxylic acids is 1. The molecule has 0 fully saturated rings. The second-order valence-electron chi connectivity index (χ2n) is 4.17. The van der Waals surface area contributed by atoms with Gasteiger partial charge in [-0.25, -0.2) is 14.2 Å². The van der Waals surface area contributed by atoms with Crippen LogP contribution in [0.2, 0.25) is 0 Å². The van der Waals surface area contributed by atoms with Crippen LogP contribution < -0.4 is 11.4 Å². The largest absolute Gasteiger partial charge is 0.398 e. The minimum absolute atomic E-state index is 0.399. The summed E-state index contributed by atoms with van der Waals surface area (Å²) in [5.41, 5.74) is 7.85. The van der Waals surface area contributed by atoms with Crippen molar-refractivity contribution in [1.82, 2.24) is 14.5 Å². The Morgan fingerprint density at radius 3 is 2.65 bits per heavy atom. The molecule has 0 saturated heterocycles. The van der Waals surface area contributed by atoms with Crippen molar-refractivity contribution in [3.63, 3.8) is 0 Å². The predicted molar refractivity (Wildman–Crippen MR) is 66.2 cm³/mol. The van der Waals surface area contributed by atoms with Crippen LogP contribution in [0.4, 0.5) is 10.5 Å². The van der Waals surface area contributed by atoms with Crippen LogP contribution in [0, 0.1) is 6.92 Å². The first-order valence-corrected chi connectivity index (χ1v) is 5.14. The lowest BCUT2D eigenvalue weighted by atomic mass is 10.2. The van der Waals surface area contributed by atoms with Gasteiger partial charge in [0.1, 0.15) is 0 Å². The van der Waals surface area contributed by atoms with Crippen molar-refractivity contribution >= 4 is 22.8 Å². The lowest BCUT2D eigenvalue weighted by molar-refractivity contribution is 0.219. The van der Waals surface area contributed by atoms with Crippen LogP contribution in [-0.2, 0) is 0 Å². The van der Waals surface area contributed by atoms with Gasteiger partial charge in [-0.2, -0.15) is 0 Å². The van der Waals surface area contributed by atoms with Crippen LogP contribution in [0.3, 0.4) is 0 Å². The number of rotatable bonds is 0. The number of nitrogen functional groups attached to an aromatic ring is 1. The summed E-state index contributed by atoms with van der Waals surface area (Å²) in [7, 11) is 3.18. The van der Waals surface area contributed by atoms with Crippen LogP contribution in [0.5, 0.6) is 0 Å². The summed E-state index contributed by atoms with van der Waals surface area (Å²) in [5.74, 6) is 0. The van der Waals surface area contributed by atoms with Gasteiger partial charge >= 0.3 is 11.7 Å². The molecule has 1 aromatic carbocycles. The summed E-state index contributed by atoms with van der Waals surface area (Å²) >= 11 is 0. The summed E-state index contributed by atoms with van der Waals surface area (Å²) < 4.78 is 1.07. The zero-order valence-electron chi connectivity index (χ0n) is 9.94. The molecule has 1 aromatic heterocycles. The Bertz CT molecular complexity index is 651. The second-order valence-corrected chi connectivity index (χ2v) is 4.17. The number of imidazole rings is 1. The first-order chi connectivity index (χ1) is 7.91. The Kier molecular flexibility index (Phi) is 2.42. The highest BCUT2D eigenvalue weighted by atomic mass is 16.2. The number of anilines is 1. The van der Waals surface area contributed by atoms with Gasteiger partial charge in [0.05, 0.1) is 11.0 Å². The van der Waals surface area contributed by atoms with Gasteiger partial charge in [0.15, 0.2) is 0 Å². The molecule has 0 aliphatic rings. The molecule has 0 radical (unpaired) electrons. The topological polar surface area (TPSA) is 84.1 Å². The van der Waals surface area contributed by atoms with Gasteiger partial charge in [0.2, 0.25) is 0 Å². The third-order valence-electron chi connectivity index (χ3n) is 2.64. The Balaban J connectivity index is 2.80. The van der Waals surface area contributed by atoms with Gasteiger partial charge in [-0.3, -0.25) is 0 Å². The van der Waals surface area contributed by atoms with Gasteiger partial charge < -0.3 is 15.6 Å². The lowest BCUT2D eigenvalue weighted by Gasteiger charge is -2.10. The molecular weight excluding hydrogens is 220 g/mol. The summed E-state index contributed by atoms with van der Waals surface area (Å²) in [6.07, 6.45) is 0. The van der Waals surface area contributed by atoms with E-state index in [0.29, 0.717) is 16.7 Å². The van der Waals surface area contributed by atoms with Crippen molar-refractivity contribution in [3.8, 4) is 0 Å². The molecule has 0 saturated carbocycles. The van der Waals surface area contributed by atoms with E-state index in [0.717, 1.165) is 10.1 Å². The minimum Gasteiger partial charge on any atom is -0.398 e. The Morgan fingerprint density at radius 1 is 1.41 bits per heavy atom. The van der Waals surface area contributed by atoms with Crippen LogP contribution in [0.1, 0.15) is 5.56 Å². The predicted octanol–water partition coefficient (Wildman–Crippen LogP) is 0.750. The molecule has 2 aromatic rings. The summed E-state index contributed by atoms with van der Waals surface area (Å²) in [5, 5.41) is 0. The molecule has 0 unspecified atom stereocenters. The molecule has 0 aliphatic heterocycles. The van der Waals surface area contributed by atoms with Crippen LogP contribution >= 0.6 is 0 Å². The number of aromatic amines is 1. The number of aromatic nitrogens is 2. The number of hydrogen-bond acceptors (Lipinski definition) is 3. The SMILES string of the molecule is Cc1cc2[nH]c(=O)n(C(=O)N(C)C)c2cc1N. The first kappa shape index (κ1) is 11.3. The van der Waals surface area contributed by atoms with E-state index in [9.17, 15) is 9.59 Å². The quantitative estimate of drug-likeness (QED) is 0.660. The normalized spacial score (nSPS) is 10.8. The molecule has 0 bridgehead atoms. The molecule has 3 N–H and O–H groups in total. The van der Waals surface area contributed by atoms with E-state index in [4.69, 9.17) is 5.73 Å². The van der Waals surface area contributed by atoms with Crippen LogP contribution in [-0.4, -0.2) is 34.6 Å². The van der Waals surface area contributed by atoms with Crippen molar-refractivity contribution < 1.29 is 4.79 Å². The molecule has 2 rings (SSSR count). The maximum absolute atomic E-state index is 11.9. The second kappa shape index (κ2) is 3.65. The van der Waals surface area contributed by atoms with E-state index in [1.54, 1.807) is 26.2 Å². The molecule has 0 atom stereocenters. The zero-order valence-corrected chi connectivity index (χ0v) is 9.94. The minimum atomic E-state index is -0.455. The van der Waals surface area contributed by atoms with Crippen molar-refractivity contribution in [3.05, 3.63) is 28.2 Å². The fourth-order valence-electron chi connectivity index (χ4n) is 1.67. The van der Waals surface area contributed by atoms with Crippen molar-refractivity contribution in [2.24, 2.45) is 0 Å². The maximum atomic E-state index is 11.9. The molecule has 0 aliphatic carbocycles. The number of amides is 1. The van der Waals surface area contributed by atoms with E-state index in [1.807, 2.05) is 6.92 Å². The fraction of sp³-hybridized carbons (Fsp3) is 0.273. The number of H-pyrrole nitrogens is 1. The standard InChI is InChI=1S/C11H14N4O2/c1-6-4-8-9(5-7(6)12)15(10(16)13-8)11(17)14(2)3/h4-5H,12H2,1-3H3,(H,13,16). The van der Waals surface area contributed by atoms with E-state index < -0.39 is 11.7 Å². The Morgan fingerprint density at radius 2 is 2.06 bits per heavy atom. The number of benzene rings is 1. The van der Waals surface area contributed by atoms with E-state index in [2.05, 4.69) is 4.98 Å². The average Bonchev–Trinajstić information content (AvgIpc) is 2.53. The van der Waals surface area contributed by atoms with Crippen molar-refractivity contribution in [1.29, 1.82) is 0 Å². The smallest absolute Gasteiger partial charge is 0.334 e. The Hall–Kier alpha value is -2.24. The maximum Gasteiger partial charge on any atom is 0.334 e. The van der Waals surface area contributed by atoms with E-state index in [-0.39, 0.29) is 0 Å². The first-order valence-electron chi connectivity index (χ1n) is 5.14. The number of aryl methyl sites for hydroxylation is 1. The summed E-state index contributed by atoms with van der Waals surface area (Å²) in [4.78, 5) is 27.6. The number of nitrogens with zero attached hydrogens (tertiary/aromatic N) is 2. The number of fused-ring (bicyclic) bond motifs is 1. The highest BCUT2D eigenvalue weighted by Gasteiger charge is 2.16. The van der Waals surface area contributed by atoms with Crippen LogP contribution in [0.15, 0.2) is 16.9 Å². The van der Waals surface area contributed by atoms with Gasteiger partial charge in [0.25, 0.3) is 0 Å². The zero-order chi connectivity index (χ0) is 12.7. The summed E-state index contributed by atoms with van der Waals surface area (Å²) in [6.45, 7) is 1.85. The number of hydrogen-bond donors (Lipinski definition) is 2. The third kappa shape index (κ3) is 1.67. The monoisotopic (exact) mass is 234 g/mol. The Labute approximate surface area is 97.6 Å². The molecular formula is C11H14N4O2. The number of nitrogens with two attached hydrogens (primary N) is 1. The van der Waals surface area contributed by atoms with Gasteiger partial charge in [-0.05, 0) is 24.6 Å². The lowest BCUT2D eigenvalue weighted by Crippen LogP contribution is -2.33. The van der Waals surface area contributed by atoms with Crippen molar-refractivity contribution in [2.75, 3.05) is 19.8 Å². The number of carbonyl (C=O) groups is 1. The van der Waals surface area contributed by atoms with Gasteiger partial charge in [-0.1, -0.05) is 0 Å². The van der Waals surface area contributed by atoms with Crippen LogP contribution in [0.25, 0.3) is 11.0 Å². The average molecular weight is 234 g/mol. The van der Waals surface area contributed by atoms with Gasteiger partial charge in [0, 0.05) is 19.8 Å². The highest BCUT2D eigenvalue weighted by molar-refractivity contribution is 5.91. The van der Waals surface area contributed by atoms with Crippen molar-refractivity contribution in [2.45, 2.75) is 6.92 Å². The molecule has 6 nitrogen and oxygen atoms in total. The van der Waals surface area contributed by atoms with E-state index >= 15 is 0 Å². The fourth-order valence-corrected chi connectivity index (χ4v) is 1.67. The number of nitrogens with one attached hydrogen (secondary N) is 1. The molecule has 6 heteroatoms.